The molecular formula is C14H20N2O3. The Labute approximate surface area is 113 Å². The van der Waals surface area contributed by atoms with Gasteiger partial charge in [0.1, 0.15) is 5.75 Å². The fraction of sp³-hybridized carbons (Fsp3) is 0.500. The van der Waals surface area contributed by atoms with Gasteiger partial charge in [-0.2, -0.15) is 0 Å². The number of amides is 1. The molecule has 104 valence electrons. The van der Waals surface area contributed by atoms with E-state index >= 15 is 0 Å². The number of ether oxygens (including phenoxy) is 1. The van der Waals surface area contributed by atoms with Gasteiger partial charge in [0.15, 0.2) is 0 Å². The second-order valence-corrected chi connectivity index (χ2v) is 4.71. The fourth-order valence-electron chi connectivity index (χ4n) is 2.45. The zero-order chi connectivity index (χ0) is 13.7. The van der Waals surface area contributed by atoms with Crippen LogP contribution in [0.4, 0.5) is 0 Å². The van der Waals surface area contributed by atoms with Crippen LogP contribution in [0, 0.1) is 0 Å². The fourth-order valence-corrected chi connectivity index (χ4v) is 2.45. The summed E-state index contributed by atoms with van der Waals surface area (Å²) in [7, 11) is 1.61. The van der Waals surface area contributed by atoms with E-state index < -0.39 is 0 Å². The molecule has 2 rings (SSSR count). The molecule has 0 bridgehead atoms. The Morgan fingerprint density at radius 3 is 2.74 bits per heavy atom. The summed E-state index contributed by atoms with van der Waals surface area (Å²) in [6.07, 6.45) is 3.09. The summed E-state index contributed by atoms with van der Waals surface area (Å²) in [4.78, 5) is 19.1. The predicted octanol–water partition coefficient (Wildman–Crippen LogP) is 1.58. The van der Waals surface area contributed by atoms with Gasteiger partial charge < -0.3 is 14.5 Å². The Morgan fingerprint density at radius 1 is 1.37 bits per heavy atom. The van der Waals surface area contributed by atoms with Gasteiger partial charge in [0, 0.05) is 12.1 Å². The van der Waals surface area contributed by atoms with Crippen LogP contribution in [-0.2, 0) is 4.84 Å². The molecule has 0 aliphatic carbocycles. The van der Waals surface area contributed by atoms with Crippen LogP contribution in [0.3, 0.4) is 0 Å². The van der Waals surface area contributed by atoms with Gasteiger partial charge in [-0.25, -0.2) is 5.90 Å². The van der Waals surface area contributed by atoms with Crippen molar-refractivity contribution >= 4 is 5.91 Å². The van der Waals surface area contributed by atoms with Crippen LogP contribution >= 0.6 is 0 Å². The number of likely N-dealkylation sites (tertiary alicyclic amines) is 1. The lowest BCUT2D eigenvalue weighted by molar-refractivity contribution is 0.0314. The Hall–Kier alpha value is -1.59. The van der Waals surface area contributed by atoms with E-state index in [0.717, 1.165) is 31.6 Å². The maximum Gasteiger partial charge on any atom is 0.254 e. The van der Waals surface area contributed by atoms with Crippen molar-refractivity contribution in [3.8, 4) is 5.75 Å². The van der Waals surface area contributed by atoms with Gasteiger partial charge in [-0.1, -0.05) is 0 Å². The van der Waals surface area contributed by atoms with Crippen molar-refractivity contribution in [2.24, 2.45) is 5.90 Å². The Bertz CT molecular complexity index is 417. The lowest BCUT2D eigenvalue weighted by atomic mass is 10.0. The van der Waals surface area contributed by atoms with E-state index in [2.05, 4.69) is 0 Å². The SMILES string of the molecule is COc1ccc(C(=O)N2CCCCC2CON)cc1. The molecule has 0 radical (unpaired) electrons. The van der Waals surface area contributed by atoms with Crippen LogP contribution in [0.25, 0.3) is 0 Å². The molecule has 5 nitrogen and oxygen atoms in total. The molecule has 1 aromatic rings. The highest BCUT2D eigenvalue weighted by atomic mass is 16.6. The van der Waals surface area contributed by atoms with E-state index in [-0.39, 0.29) is 11.9 Å². The van der Waals surface area contributed by atoms with Crippen molar-refractivity contribution in [1.82, 2.24) is 4.90 Å². The topological polar surface area (TPSA) is 64.8 Å². The van der Waals surface area contributed by atoms with E-state index in [9.17, 15) is 4.79 Å². The van der Waals surface area contributed by atoms with E-state index in [1.165, 1.54) is 0 Å². The van der Waals surface area contributed by atoms with E-state index in [1.54, 1.807) is 31.4 Å². The molecule has 1 aromatic carbocycles. The summed E-state index contributed by atoms with van der Waals surface area (Å²) in [5, 5.41) is 0. The summed E-state index contributed by atoms with van der Waals surface area (Å²) in [6, 6.07) is 7.25. The first-order valence-electron chi connectivity index (χ1n) is 6.53. The monoisotopic (exact) mass is 264 g/mol. The van der Waals surface area contributed by atoms with Gasteiger partial charge >= 0.3 is 0 Å². The molecule has 1 atom stereocenters. The lowest BCUT2D eigenvalue weighted by Crippen LogP contribution is -2.46. The smallest absolute Gasteiger partial charge is 0.254 e. The predicted molar refractivity (Wildman–Crippen MR) is 71.8 cm³/mol. The Kier molecular flexibility index (Phi) is 4.76. The largest absolute Gasteiger partial charge is 0.497 e. The summed E-state index contributed by atoms with van der Waals surface area (Å²) in [5.41, 5.74) is 0.671. The van der Waals surface area contributed by atoms with Crippen LogP contribution in [0.2, 0.25) is 0 Å². The molecule has 1 aliphatic heterocycles. The Balaban J connectivity index is 2.11. The molecule has 1 fully saturated rings. The number of carbonyl (C=O) groups excluding carboxylic acids is 1. The van der Waals surface area contributed by atoms with E-state index in [1.807, 2.05) is 4.90 Å². The first-order valence-corrected chi connectivity index (χ1v) is 6.53. The summed E-state index contributed by atoms with van der Waals surface area (Å²) < 4.78 is 5.09. The molecule has 0 aromatic heterocycles. The van der Waals surface area contributed by atoms with Crippen LogP contribution in [0.1, 0.15) is 29.6 Å². The van der Waals surface area contributed by atoms with Gasteiger partial charge in [-0.3, -0.25) is 4.79 Å². The number of nitrogens with two attached hydrogens (primary N) is 1. The second kappa shape index (κ2) is 6.54. The third-order valence-electron chi connectivity index (χ3n) is 3.51. The number of rotatable bonds is 4. The molecule has 19 heavy (non-hydrogen) atoms. The van der Waals surface area contributed by atoms with E-state index in [4.69, 9.17) is 15.5 Å². The molecule has 2 N–H and O–H groups in total. The van der Waals surface area contributed by atoms with Gasteiger partial charge in [-0.15, -0.1) is 0 Å². The first kappa shape index (κ1) is 13.8. The number of carbonyl (C=O) groups is 1. The lowest BCUT2D eigenvalue weighted by Gasteiger charge is -2.35. The van der Waals surface area contributed by atoms with E-state index in [0.29, 0.717) is 12.2 Å². The first-order chi connectivity index (χ1) is 9.26. The average Bonchev–Trinajstić information content (AvgIpc) is 2.47. The third-order valence-corrected chi connectivity index (χ3v) is 3.51. The maximum absolute atomic E-state index is 12.5. The summed E-state index contributed by atoms with van der Waals surface area (Å²) >= 11 is 0. The molecule has 1 unspecified atom stereocenters. The van der Waals surface area contributed by atoms with Crippen molar-refractivity contribution in [3.05, 3.63) is 29.8 Å². The number of hydrogen-bond acceptors (Lipinski definition) is 4. The third kappa shape index (κ3) is 3.24. The quantitative estimate of drug-likeness (QED) is 0.839. The van der Waals surface area contributed by atoms with Crippen molar-refractivity contribution in [2.45, 2.75) is 25.3 Å². The van der Waals surface area contributed by atoms with Crippen molar-refractivity contribution in [2.75, 3.05) is 20.3 Å². The average molecular weight is 264 g/mol. The highest BCUT2D eigenvalue weighted by Crippen LogP contribution is 2.21. The standard InChI is InChI=1S/C14H20N2O3/c1-18-13-7-5-11(6-8-13)14(17)16-9-3-2-4-12(16)10-19-15/h5-8,12H,2-4,9-10,15H2,1H3. The second-order valence-electron chi connectivity index (χ2n) is 4.71. The number of methoxy groups -OCH3 is 1. The minimum atomic E-state index is 0.0319. The highest BCUT2D eigenvalue weighted by molar-refractivity contribution is 5.94. The van der Waals surface area contributed by atoms with Crippen LogP contribution in [-0.4, -0.2) is 37.1 Å². The van der Waals surface area contributed by atoms with Crippen molar-refractivity contribution in [3.63, 3.8) is 0 Å². The van der Waals surface area contributed by atoms with Crippen LogP contribution in [0.15, 0.2) is 24.3 Å². The molecule has 1 aliphatic rings. The number of hydrogen-bond donors (Lipinski definition) is 1. The van der Waals surface area contributed by atoms with Crippen molar-refractivity contribution < 1.29 is 14.4 Å². The molecular weight excluding hydrogens is 244 g/mol. The van der Waals surface area contributed by atoms with Gasteiger partial charge in [0.2, 0.25) is 0 Å². The molecule has 1 heterocycles. The van der Waals surface area contributed by atoms with Crippen LogP contribution < -0.4 is 10.6 Å². The molecule has 0 saturated carbocycles. The molecule has 5 heteroatoms. The zero-order valence-electron chi connectivity index (χ0n) is 11.2. The highest BCUT2D eigenvalue weighted by Gasteiger charge is 2.27. The molecule has 0 spiro atoms. The van der Waals surface area contributed by atoms with Gasteiger partial charge in [0.05, 0.1) is 19.8 Å². The number of piperidine rings is 1. The Morgan fingerprint density at radius 2 is 2.11 bits per heavy atom. The van der Waals surface area contributed by atoms with Gasteiger partial charge in [0.25, 0.3) is 5.91 Å². The number of benzene rings is 1. The summed E-state index contributed by atoms with van der Waals surface area (Å²) in [5.74, 6) is 5.92. The van der Waals surface area contributed by atoms with Gasteiger partial charge in [-0.05, 0) is 43.5 Å². The minimum absolute atomic E-state index is 0.0319. The minimum Gasteiger partial charge on any atom is -0.497 e. The normalized spacial score (nSPS) is 19.3. The number of nitrogens with zero attached hydrogens (tertiary/aromatic N) is 1. The molecule has 1 amide bonds. The molecule has 1 saturated heterocycles. The summed E-state index contributed by atoms with van der Waals surface area (Å²) in [6.45, 7) is 1.15. The zero-order valence-corrected chi connectivity index (χ0v) is 11.2. The van der Waals surface area contributed by atoms with Crippen LogP contribution in [0.5, 0.6) is 5.75 Å². The maximum atomic E-state index is 12.5. The van der Waals surface area contributed by atoms with Crippen molar-refractivity contribution in [1.29, 1.82) is 0 Å².